The number of fused-ring (bicyclic) bond motifs is 1. The summed E-state index contributed by atoms with van der Waals surface area (Å²) in [4.78, 5) is 29.8. The number of carbonyl (C=O) groups excluding carboxylic acids is 2. The summed E-state index contributed by atoms with van der Waals surface area (Å²) in [7, 11) is 1.55. The first kappa shape index (κ1) is 20.6. The number of methoxy groups -OCH3 is 1. The van der Waals surface area contributed by atoms with Gasteiger partial charge in [0.1, 0.15) is 29.0 Å². The van der Waals surface area contributed by atoms with Crippen molar-refractivity contribution < 1.29 is 18.7 Å². The molecule has 0 radical (unpaired) electrons. The van der Waals surface area contributed by atoms with Gasteiger partial charge in [-0.25, -0.2) is 4.99 Å². The van der Waals surface area contributed by atoms with E-state index in [0.717, 1.165) is 0 Å². The Kier molecular flexibility index (Phi) is 5.81. The van der Waals surface area contributed by atoms with Crippen LogP contribution in [0.5, 0.6) is 5.75 Å². The molecule has 0 saturated heterocycles. The molecule has 1 aliphatic rings. The standard InChI is InChI=1S/C24H18N4O4/c1-31-16-10-8-15(9-11-16)23(29)28-22-19-7-3-2-6-18(19)21(27-22)20(13-25)24(30)26-14-17-5-4-12-32-17/h2-12H,14H2,1H3,(H,26,30)(H,27,28,29)/b21-20+. The first-order chi connectivity index (χ1) is 15.6. The number of hydrogen-bond donors (Lipinski definition) is 2. The van der Waals surface area contributed by atoms with E-state index in [4.69, 9.17) is 9.15 Å². The number of aliphatic imine (C=N–C) groups is 1. The van der Waals surface area contributed by atoms with Gasteiger partial charge in [-0.3, -0.25) is 9.59 Å². The van der Waals surface area contributed by atoms with Crippen LogP contribution >= 0.6 is 0 Å². The predicted octanol–water partition coefficient (Wildman–Crippen LogP) is 3.03. The normalized spacial score (nSPS) is 13.4. The molecule has 1 aromatic heterocycles. The second-order valence-corrected chi connectivity index (χ2v) is 6.79. The van der Waals surface area contributed by atoms with Crippen LogP contribution in [0.2, 0.25) is 0 Å². The van der Waals surface area contributed by atoms with Crippen molar-refractivity contribution in [3.63, 3.8) is 0 Å². The lowest BCUT2D eigenvalue weighted by atomic mass is 10.0. The zero-order valence-electron chi connectivity index (χ0n) is 17.1. The van der Waals surface area contributed by atoms with Crippen LogP contribution in [-0.2, 0) is 11.3 Å². The molecule has 2 amide bonds. The molecule has 2 aromatic carbocycles. The molecule has 0 saturated carbocycles. The van der Waals surface area contributed by atoms with Crippen molar-refractivity contribution in [2.45, 2.75) is 6.54 Å². The maximum absolute atomic E-state index is 12.7. The number of hydrogen-bond acceptors (Lipinski definition) is 6. The molecule has 0 spiro atoms. The van der Waals surface area contributed by atoms with Crippen molar-refractivity contribution in [2.24, 2.45) is 4.99 Å². The number of ether oxygens (including phenoxy) is 1. The fourth-order valence-corrected chi connectivity index (χ4v) is 3.22. The first-order valence-corrected chi connectivity index (χ1v) is 9.69. The third kappa shape index (κ3) is 4.13. The van der Waals surface area contributed by atoms with Gasteiger partial charge in [-0.05, 0) is 36.4 Å². The fourth-order valence-electron chi connectivity index (χ4n) is 3.22. The monoisotopic (exact) mass is 426 g/mol. The maximum atomic E-state index is 12.7. The van der Waals surface area contributed by atoms with Crippen molar-refractivity contribution in [3.05, 3.63) is 95.0 Å². The number of benzene rings is 2. The van der Waals surface area contributed by atoms with E-state index in [2.05, 4.69) is 15.6 Å². The minimum atomic E-state index is -0.583. The van der Waals surface area contributed by atoms with Gasteiger partial charge in [-0.1, -0.05) is 24.3 Å². The maximum Gasteiger partial charge on any atom is 0.264 e. The highest BCUT2D eigenvalue weighted by atomic mass is 16.5. The highest BCUT2D eigenvalue weighted by Gasteiger charge is 2.27. The molecule has 0 fully saturated rings. The number of amides is 2. The number of nitrogens with one attached hydrogen (secondary N) is 2. The van der Waals surface area contributed by atoms with Crippen molar-refractivity contribution in [3.8, 4) is 11.8 Å². The second-order valence-electron chi connectivity index (χ2n) is 6.79. The molecule has 0 aliphatic carbocycles. The molecule has 2 N–H and O–H groups in total. The zero-order chi connectivity index (χ0) is 22.5. The van der Waals surface area contributed by atoms with Crippen LogP contribution in [0.25, 0.3) is 5.70 Å². The Hall–Kier alpha value is -4.64. The lowest BCUT2D eigenvalue weighted by molar-refractivity contribution is -0.117. The van der Waals surface area contributed by atoms with Crippen molar-refractivity contribution in [2.75, 3.05) is 7.11 Å². The Balaban J connectivity index is 1.62. The average Bonchev–Trinajstić information content (AvgIpc) is 3.47. The molecule has 158 valence electrons. The third-order valence-electron chi connectivity index (χ3n) is 4.82. The van der Waals surface area contributed by atoms with E-state index in [1.165, 1.54) is 6.26 Å². The Morgan fingerprint density at radius 2 is 1.81 bits per heavy atom. The Morgan fingerprint density at radius 3 is 2.47 bits per heavy atom. The molecule has 0 bridgehead atoms. The van der Waals surface area contributed by atoms with Crippen LogP contribution in [-0.4, -0.2) is 24.8 Å². The van der Waals surface area contributed by atoms with Gasteiger partial charge in [0.15, 0.2) is 0 Å². The number of nitriles is 1. The molecule has 8 heteroatoms. The topological polar surface area (TPSA) is 117 Å². The molecule has 1 aliphatic heterocycles. The summed E-state index contributed by atoms with van der Waals surface area (Å²) in [5, 5.41) is 15.1. The van der Waals surface area contributed by atoms with Crippen LogP contribution < -0.4 is 15.4 Å². The number of nitrogens with zero attached hydrogens (tertiary/aromatic N) is 2. The van der Waals surface area contributed by atoms with E-state index in [-0.39, 0.29) is 29.6 Å². The lowest BCUT2D eigenvalue weighted by Gasteiger charge is -2.07. The third-order valence-corrected chi connectivity index (χ3v) is 4.82. The van der Waals surface area contributed by atoms with Crippen molar-refractivity contribution in [1.29, 1.82) is 5.26 Å². The Labute approximate surface area is 183 Å². The van der Waals surface area contributed by atoms with Crippen LogP contribution in [0.15, 0.2) is 81.9 Å². The number of rotatable bonds is 5. The van der Waals surface area contributed by atoms with Gasteiger partial charge in [0.2, 0.25) is 0 Å². The Bertz CT molecular complexity index is 1270. The summed E-state index contributed by atoms with van der Waals surface area (Å²) in [6.07, 6.45) is 1.50. The smallest absolute Gasteiger partial charge is 0.264 e. The summed E-state index contributed by atoms with van der Waals surface area (Å²) in [5.74, 6) is 0.504. The summed E-state index contributed by atoms with van der Waals surface area (Å²) < 4.78 is 10.3. The van der Waals surface area contributed by atoms with E-state index in [1.807, 2.05) is 6.07 Å². The average molecular weight is 426 g/mol. The lowest BCUT2D eigenvalue weighted by Crippen LogP contribution is -2.30. The number of carbonyl (C=O) groups is 2. The van der Waals surface area contributed by atoms with E-state index >= 15 is 0 Å². The quantitative estimate of drug-likeness (QED) is 0.480. The zero-order valence-corrected chi connectivity index (χ0v) is 17.1. The van der Waals surface area contributed by atoms with Gasteiger partial charge in [0.25, 0.3) is 11.8 Å². The van der Waals surface area contributed by atoms with Crippen LogP contribution in [0.3, 0.4) is 0 Å². The largest absolute Gasteiger partial charge is 0.497 e. The molecule has 2 heterocycles. The fraction of sp³-hybridized carbons (Fsp3) is 0.0833. The van der Waals surface area contributed by atoms with Crippen LogP contribution in [0, 0.1) is 11.3 Å². The highest BCUT2D eigenvalue weighted by Crippen LogP contribution is 2.30. The molecule has 0 atom stereocenters. The van der Waals surface area contributed by atoms with Gasteiger partial charge in [-0.15, -0.1) is 0 Å². The van der Waals surface area contributed by atoms with E-state index < -0.39 is 5.91 Å². The molecule has 0 unspecified atom stereocenters. The van der Waals surface area contributed by atoms with Crippen molar-refractivity contribution >= 4 is 23.3 Å². The minimum absolute atomic E-state index is 0.136. The van der Waals surface area contributed by atoms with Gasteiger partial charge >= 0.3 is 0 Å². The molecule has 3 aromatic rings. The van der Waals surface area contributed by atoms with Gasteiger partial charge < -0.3 is 19.8 Å². The SMILES string of the molecule is COc1ccc(C(=O)NC2=N/C(=C(\C#N)C(=O)NCc3ccco3)c3ccccc32)cc1. The van der Waals surface area contributed by atoms with E-state index in [1.54, 1.807) is 67.8 Å². The summed E-state index contributed by atoms with van der Waals surface area (Å²) >= 11 is 0. The van der Waals surface area contributed by atoms with Crippen LogP contribution in [0.1, 0.15) is 27.2 Å². The van der Waals surface area contributed by atoms with Gasteiger partial charge in [0.05, 0.1) is 25.6 Å². The van der Waals surface area contributed by atoms with Crippen molar-refractivity contribution in [1.82, 2.24) is 10.6 Å². The van der Waals surface area contributed by atoms with Gasteiger partial charge in [0, 0.05) is 16.7 Å². The number of amidine groups is 1. The molecule has 32 heavy (non-hydrogen) atoms. The summed E-state index contributed by atoms with van der Waals surface area (Å²) in [6, 6.07) is 19.1. The van der Waals surface area contributed by atoms with E-state index in [9.17, 15) is 14.9 Å². The number of furan rings is 1. The molecular formula is C24H18N4O4. The second kappa shape index (κ2) is 9.02. The summed E-state index contributed by atoms with van der Waals surface area (Å²) in [6.45, 7) is 0.136. The first-order valence-electron chi connectivity index (χ1n) is 9.69. The summed E-state index contributed by atoms with van der Waals surface area (Å²) in [5.41, 5.74) is 1.67. The molecule has 8 nitrogen and oxygen atoms in total. The van der Waals surface area contributed by atoms with E-state index in [0.29, 0.717) is 28.2 Å². The van der Waals surface area contributed by atoms with Crippen LogP contribution in [0.4, 0.5) is 0 Å². The minimum Gasteiger partial charge on any atom is -0.497 e. The Morgan fingerprint density at radius 1 is 1.06 bits per heavy atom. The predicted molar refractivity (Wildman–Crippen MR) is 117 cm³/mol. The molecular weight excluding hydrogens is 408 g/mol. The highest BCUT2D eigenvalue weighted by molar-refractivity contribution is 6.20. The molecule has 4 rings (SSSR count). The van der Waals surface area contributed by atoms with Gasteiger partial charge in [-0.2, -0.15) is 5.26 Å².